The molecule has 0 bridgehead atoms. The molecular formula is C14H15FN2O3. The Balaban J connectivity index is 1.70. The van der Waals surface area contributed by atoms with E-state index in [1.54, 1.807) is 0 Å². The fraction of sp³-hybridized carbons (Fsp3) is 0.500. The molecular weight excluding hydrogens is 263 g/mol. The van der Waals surface area contributed by atoms with Crippen molar-refractivity contribution in [3.8, 4) is 0 Å². The third-order valence-corrected chi connectivity index (χ3v) is 4.34. The molecule has 20 heavy (non-hydrogen) atoms. The van der Waals surface area contributed by atoms with Crippen molar-refractivity contribution >= 4 is 11.6 Å². The lowest BCUT2D eigenvalue weighted by Gasteiger charge is -2.15. The number of hydrogen-bond acceptors (Lipinski definition) is 3. The molecule has 0 radical (unpaired) electrons. The highest BCUT2D eigenvalue weighted by molar-refractivity contribution is 5.95. The van der Waals surface area contributed by atoms with Crippen molar-refractivity contribution in [2.75, 3.05) is 6.54 Å². The normalized spacial score (nSPS) is 19.4. The number of benzene rings is 1. The molecule has 6 heteroatoms. The van der Waals surface area contributed by atoms with Gasteiger partial charge in [0, 0.05) is 18.7 Å². The van der Waals surface area contributed by atoms with Gasteiger partial charge in [-0.25, -0.2) is 4.39 Å². The van der Waals surface area contributed by atoms with Crippen molar-refractivity contribution in [1.29, 1.82) is 0 Å². The number of non-ortho nitro benzene ring substituents is 1. The van der Waals surface area contributed by atoms with Crippen LogP contribution in [0.25, 0.3) is 0 Å². The maximum absolute atomic E-state index is 13.6. The van der Waals surface area contributed by atoms with E-state index in [1.165, 1.54) is 12.8 Å². The molecule has 2 aliphatic rings. The summed E-state index contributed by atoms with van der Waals surface area (Å²) in [6.45, 7) is 0.540. The van der Waals surface area contributed by atoms with Crippen molar-refractivity contribution in [2.24, 2.45) is 11.3 Å². The van der Waals surface area contributed by atoms with Gasteiger partial charge in [-0.05, 0) is 43.1 Å². The second-order valence-corrected chi connectivity index (χ2v) is 5.74. The molecule has 1 aromatic carbocycles. The van der Waals surface area contributed by atoms with E-state index in [2.05, 4.69) is 5.32 Å². The topological polar surface area (TPSA) is 72.2 Å². The molecule has 2 aliphatic carbocycles. The summed E-state index contributed by atoms with van der Waals surface area (Å²) in [7, 11) is 0. The minimum atomic E-state index is -0.732. The number of nitro benzene ring substituents is 1. The third-order valence-electron chi connectivity index (χ3n) is 4.34. The van der Waals surface area contributed by atoms with Crippen LogP contribution in [0.2, 0.25) is 0 Å². The molecule has 0 spiro atoms. The highest BCUT2D eigenvalue weighted by Gasteiger charge is 2.53. The summed E-state index contributed by atoms with van der Waals surface area (Å²) in [4.78, 5) is 22.0. The molecule has 3 rings (SSSR count). The maximum Gasteiger partial charge on any atom is 0.270 e. The Morgan fingerprint density at radius 2 is 2.15 bits per heavy atom. The number of carbonyl (C=O) groups is 1. The van der Waals surface area contributed by atoms with Gasteiger partial charge in [-0.1, -0.05) is 0 Å². The highest BCUT2D eigenvalue weighted by Crippen LogP contribution is 2.60. The molecule has 0 unspecified atom stereocenters. The van der Waals surface area contributed by atoms with E-state index < -0.39 is 16.6 Å². The van der Waals surface area contributed by atoms with Gasteiger partial charge in [0.25, 0.3) is 11.6 Å². The lowest BCUT2D eigenvalue weighted by atomic mass is 10.0. The van der Waals surface area contributed by atoms with Gasteiger partial charge in [-0.15, -0.1) is 0 Å². The number of nitro groups is 1. The predicted molar refractivity (Wildman–Crippen MR) is 69.8 cm³/mol. The minimum absolute atomic E-state index is 0.215. The molecule has 0 aliphatic heterocycles. The molecule has 0 saturated heterocycles. The Labute approximate surface area is 115 Å². The molecule has 0 atom stereocenters. The maximum atomic E-state index is 13.6. The van der Waals surface area contributed by atoms with Crippen LogP contribution in [0.15, 0.2) is 18.2 Å². The molecule has 106 valence electrons. The first-order chi connectivity index (χ1) is 9.52. The van der Waals surface area contributed by atoms with Crippen LogP contribution in [0.3, 0.4) is 0 Å². The average Bonchev–Trinajstić information content (AvgIpc) is 3.27. The van der Waals surface area contributed by atoms with Crippen LogP contribution in [-0.4, -0.2) is 17.4 Å². The second-order valence-electron chi connectivity index (χ2n) is 5.74. The molecule has 0 aromatic heterocycles. The van der Waals surface area contributed by atoms with Crippen LogP contribution in [0.1, 0.15) is 36.0 Å². The summed E-state index contributed by atoms with van der Waals surface area (Å²) in [5.41, 5.74) is -0.321. The second kappa shape index (κ2) is 4.54. The first kappa shape index (κ1) is 13.0. The van der Waals surface area contributed by atoms with Gasteiger partial charge < -0.3 is 5.32 Å². The van der Waals surface area contributed by atoms with E-state index in [1.807, 2.05) is 0 Å². The summed E-state index contributed by atoms with van der Waals surface area (Å²) in [6, 6.07) is 3.00. The largest absolute Gasteiger partial charge is 0.351 e. The van der Waals surface area contributed by atoms with Gasteiger partial charge in [0.1, 0.15) is 5.82 Å². The van der Waals surface area contributed by atoms with Crippen LogP contribution < -0.4 is 5.32 Å². The van der Waals surface area contributed by atoms with E-state index >= 15 is 0 Å². The van der Waals surface area contributed by atoms with Crippen molar-refractivity contribution in [2.45, 2.75) is 25.7 Å². The van der Waals surface area contributed by atoms with E-state index in [4.69, 9.17) is 0 Å². The summed E-state index contributed by atoms with van der Waals surface area (Å²) in [5, 5.41) is 13.4. The molecule has 1 amide bonds. The molecule has 0 heterocycles. The van der Waals surface area contributed by atoms with Crippen molar-refractivity contribution in [3.05, 3.63) is 39.7 Å². The van der Waals surface area contributed by atoms with Crippen LogP contribution in [-0.2, 0) is 0 Å². The fourth-order valence-electron chi connectivity index (χ4n) is 2.74. The quantitative estimate of drug-likeness (QED) is 0.664. The monoisotopic (exact) mass is 278 g/mol. The third kappa shape index (κ3) is 2.37. The highest BCUT2D eigenvalue weighted by atomic mass is 19.1. The predicted octanol–water partition coefficient (Wildman–Crippen LogP) is 2.65. The number of rotatable bonds is 5. The van der Waals surface area contributed by atoms with Crippen molar-refractivity contribution in [3.63, 3.8) is 0 Å². The summed E-state index contributed by atoms with van der Waals surface area (Å²) >= 11 is 0. The zero-order valence-corrected chi connectivity index (χ0v) is 10.9. The van der Waals surface area contributed by atoms with Crippen LogP contribution in [0.5, 0.6) is 0 Å². The summed E-state index contributed by atoms with van der Waals surface area (Å²) in [6.07, 6.45) is 4.63. The minimum Gasteiger partial charge on any atom is -0.351 e. The zero-order valence-electron chi connectivity index (χ0n) is 10.9. The number of hydrogen-bond donors (Lipinski definition) is 1. The van der Waals surface area contributed by atoms with Gasteiger partial charge in [-0.2, -0.15) is 0 Å². The lowest BCUT2D eigenvalue weighted by Crippen LogP contribution is -2.31. The van der Waals surface area contributed by atoms with Gasteiger partial charge in [0.2, 0.25) is 0 Å². The van der Waals surface area contributed by atoms with Crippen molar-refractivity contribution in [1.82, 2.24) is 5.32 Å². The Kier molecular flexibility index (Phi) is 2.96. The van der Waals surface area contributed by atoms with Crippen LogP contribution >= 0.6 is 0 Å². The Morgan fingerprint density at radius 3 is 2.70 bits per heavy atom. The van der Waals surface area contributed by atoms with Crippen LogP contribution in [0, 0.1) is 27.3 Å². The first-order valence-corrected chi connectivity index (χ1v) is 6.74. The van der Waals surface area contributed by atoms with Gasteiger partial charge in [-0.3, -0.25) is 14.9 Å². The Bertz CT molecular complexity index is 580. The summed E-state index contributed by atoms with van der Waals surface area (Å²) < 4.78 is 13.6. The number of halogens is 1. The average molecular weight is 278 g/mol. The number of carbonyl (C=O) groups excluding carboxylic acids is 1. The number of nitrogens with one attached hydrogen (secondary N) is 1. The van der Waals surface area contributed by atoms with E-state index in [9.17, 15) is 19.3 Å². The van der Waals surface area contributed by atoms with E-state index in [0.29, 0.717) is 12.5 Å². The van der Waals surface area contributed by atoms with Crippen LogP contribution in [0.4, 0.5) is 10.1 Å². The van der Waals surface area contributed by atoms with E-state index in [0.717, 1.165) is 31.0 Å². The van der Waals surface area contributed by atoms with Gasteiger partial charge in [0.05, 0.1) is 10.5 Å². The van der Waals surface area contributed by atoms with Crippen molar-refractivity contribution < 1.29 is 14.1 Å². The Morgan fingerprint density at radius 1 is 1.45 bits per heavy atom. The molecule has 1 N–H and O–H groups in total. The molecule has 1 aromatic rings. The smallest absolute Gasteiger partial charge is 0.270 e. The zero-order chi connectivity index (χ0) is 14.3. The Hall–Kier alpha value is -1.98. The van der Waals surface area contributed by atoms with Gasteiger partial charge in [0.15, 0.2) is 0 Å². The number of nitrogens with zero attached hydrogens (tertiary/aromatic N) is 1. The first-order valence-electron chi connectivity index (χ1n) is 6.74. The SMILES string of the molecule is O=C(NCC1(C2CC2)CC1)c1cc([N+](=O)[O-])ccc1F. The lowest BCUT2D eigenvalue weighted by molar-refractivity contribution is -0.384. The molecule has 5 nitrogen and oxygen atoms in total. The number of amides is 1. The standard InChI is InChI=1S/C14H15FN2O3/c15-12-4-3-10(17(19)20)7-11(12)13(18)16-8-14(5-6-14)9-1-2-9/h3-4,7,9H,1-2,5-6,8H2,(H,16,18). The van der Waals surface area contributed by atoms with Gasteiger partial charge >= 0.3 is 0 Å². The fourth-order valence-corrected chi connectivity index (χ4v) is 2.74. The van der Waals surface area contributed by atoms with E-state index in [-0.39, 0.29) is 16.7 Å². The summed E-state index contributed by atoms with van der Waals surface area (Å²) in [5.74, 6) is -0.611. The molecule has 2 fully saturated rings. The molecule has 2 saturated carbocycles.